The van der Waals surface area contributed by atoms with E-state index in [0.29, 0.717) is 12.3 Å². The quantitative estimate of drug-likeness (QED) is 0.841. The van der Waals surface area contributed by atoms with Crippen LogP contribution in [0, 0.1) is 6.92 Å². The van der Waals surface area contributed by atoms with Crippen LogP contribution in [0.2, 0.25) is 0 Å². The Bertz CT molecular complexity index is 546. The van der Waals surface area contributed by atoms with Crippen LogP contribution in [0.4, 0.5) is 5.69 Å². The molecule has 3 heteroatoms. The van der Waals surface area contributed by atoms with E-state index in [4.69, 9.17) is 11.6 Å². The van der Waals surface area contributed by atoms with Gasteiger partial charge in [0, 0.05) is 11.6 Å². The lowest BCUT2D eigenvalue weighted by atomic mass is 10.1. The highest BCUT2D eigenvalue weighted by atomic mass is 35.5. The van der Waals surface area contributed by atoms with Gasteiger partial charge in [-0.15, -0.1) is 11.6 Å². The van der Waals surface area contributed by atoms with Crippen molar-refractivity contribution in [2.24, 2.45) is 0 Å². The molecule has 0 aromatic heterocycles. The van der Waals surface area contributed by atoms with Gasteiger partial charge < -0.3 is 5.32 Å². The lowest BCUT2D eigenvalue weighted by molar-refractivity contribution is -0.115. The molecule has 98 valence electrons. The van der Waals surface area contributed by atoms with Crippen LogP contribution in [0.3, 0.4) is 0 Å². The number of hydrogen-bond acceptors (Lipinski definition) is 1. The normalized spacial score (nSPS) is 10.2. The average Bonchev–Trinajstić information content (AvgIpc) is 2.42. The topological polar surface area (TPSA) is 29.1 Å². The summed E-state index contributed by atoms with van der Waals surface area (Å²) in [6.07, 6.45) is 0.386. The molecule has 2 aromatic carbocycles. The Labute approximate surface area is 118 Å². The fourth-order valence-corrected chi connectivity index (χ4v) is 1.95. The summed E-state index contributed by atoms with van der Waals surface area (Å²) in [5.41, 5.74) is 4.05. The molecule has 0 saturated heterocycles. The van der Waals surface area contributed by atoms with Crippen molar-refractivity contribution in [3.8, 4) is 0 Å². The molecule has 0 spiro atoms. The second kappa shape index (κ2) is 6.39. The van der Waals surface area contributed by atoms with Gasteiger partial charge in [-0.1, -0.05) is 42.0 Å². The number of benzene rings is 2. The molecule has 1 N–H and O–H groups in total. The van der Waals surface area contributed by atoms with Crippen molar-refractivity contribution in [1.82, 2.24) is 0 Å². The summed E-state index contributed by atoms with van der Waals surface area (Å²) < 4.78 is 0. The third-order valence-corrected chi connectivity index (χ3v) is 3.19. The summed E-state index contributed by atoms with van der Waals surface area (Å²) in [5.74, 6) is 0.472. The summed E-state index contributed by atoms with van der Waals surface area (Å²) in [4.78, 5) is 11.9. The number of halogens is 1. The van der Waals surface area contributed by atoms with E-state index in [-0.39, 0.29) is 5.91 Å². The maximum absolute atomic E-state index is 11.9. The lowest BCUT2D eigenvalue weighted by Gasteiger charge is -2.06. The standard InChI is InChI=1S/C16H16ClNO/c1-12-2-4-13(5-3-12)10-16(19)18-15-8-6-14(11-17)7-9-15/h2-9H,10-11H2,1H3,(H,18,19). The molecule has 2 nitrogen and oxygen atoms in total. The first-order chi connectivity index (χ1) is 9.17. The Morgan fingerprint density at radius 2 is 1.58 bits per heavy atom. The molecular formula is C16H16ClNO. The van der Waals surface area contributed by atoms with Crippen molar-refractivity contribution in [3.63, 3.8) is 0 Å². The molecule has 0 aliphatic heterocycles. The highest BCUT2D eigenvalue weighted by molar-refractivity contribution is 6.17. The van der Waals surface area contributed by atoms with E-state index in [1.165, 1.54) is 5.56 Å². The number of aryl methyl sites for hydroxylation is 1. The average molecular weight is 274 g/mol. The van der Waals surface area contributed by atoms with E-state index in [0.717, 1.165) is 16.8 Å². The monoisotopic (exact) mass is 273 g/mol. The van der Waals surface area contributed by atoms with Crippen LogP contribution in [0.15, 0.2) is 48.5 Å². The number of amides is 1. The van der Waals surface area contributed by atoms with E-state index >= 15 is 0 Å². The fourth-order valence-electron chi connectivity index (χ4n) is 1.77. The van der Waals surface area contributed by atoms with Crippen LogP contribution in [0.1, 0.15) is 16.7 Å². The molecule has 0 atom stereocenters. The summed E-state index contributed by atoms with van der Waals surface area (Å²) in [6, 6.07) is 15.5. The molecule has 0 unspecified atom stereocenters. The van der Waals surface area contributed by atoms with Crippen LogP contribution in [-0.4, -0.2) is 5.91 Å². The number of nitrogens with one attached hydrogen (secondary N) is 1. The second-order valence-corrected chi connectivity index (χ2v) is 4.81. The third-order valence-electron chi connectivity index (χ3n) is 2.88. The first-order valence-electron chi connectivity index (χ1n) is 6.17. The molecule has 2 aromatic rings. The zero-order valence-electron chi connectivity index (χ0n) is 10.8. The number of carbonyl (C=O) groups excluding carboxylic acids is 1. The minimum absolute atomic E-state index is 0.0116. The number of rotatable bonds is 4. The molecule has 0 aliphatic rings. The van der Waals surface area contributed by atoms with Crippen LogP contribution in [0.25, 0.3) is 0 Å². The molecule has 0 radical (unpaired) electrons. The van der Waals surface area contributed by atoms with Crippen molar-refractivity contribution < 1.29 is 4.79 Å². The van der Waals surface area contributed by atoms with Gasteiger partial charge in [0.25, 0.3) is 0 Å². The maximum Gasteiger partial charge on any atom is 0.228 e. The smallest absolute Gasteiger partial charge is 0.228 e. The molecule has 19 heavy (non-hydrogen) atoms. The molecule has 0 saturated carbocycles. The highest BCUT2D eigenvalue weighted by Crippen LogP contribution is 2.12. The molecule has 0 fully saturated rings. The van der Waals surface area contributed by atoms with E-state index in [1.807, 2.05) is 55.5 Å². The summed E-state index contributed by atoms with van der Waals surface area (Å²) in [6.45, 7) is 2.03. The fraction of sp³-hybridized carbons (Fsp3) is 0.188. The predicted octanol–water partition coefficient (Wildman–Crippen LogP) is 3.92. The zero-order chi connectivity index (χ0) is 13.7. The largest absolute Gasteiger partial charge is 0.326 e. The third kappa shape index (κ3) is 4.11. The van der Waals surface area contributed by atoms with Crippen LogP contribution >= 0.6 is 11.6 Å². The minimum atomic E-state index is -0.0116. The Balaban J connectivity index is 1.95. The van der Waals surface area contributed by atoms with E-state index in [1.54, 1.807) is 0 Å². The first-order valence-corrected chi connectivity index (χ1v) is 6.71. The zero-order valence-corrected chi connectivity index (χ0v) is 11.6. The molecule has 2 rings (SSSR count). The van der Waals surface area contributed by atoms with Gasteiger partial charge in [-0.05, 0) is 30.2 Å². The summed E-state index contributed by atoms with van der Waals surface area (Å²) >= 11 is 5.72. The number of carbonyl (C=O) groups is 1. The van der Waals surface area contributed by atoms with E-state index in [9.17, 15) is 4.79 Å². The second-order valence-electron chi connectivity index (χ2n) is 4.54. The molecule has 1 amide bonds. The minimum Gasteiger partial charge on any atom is -0.326 e. The van der Waals surface area contributed by atoms with Crippen molar-refractivity contribution >= 4 is 23.2 Å². The van der Waals surface area contributed by atoms with Gasteiger partial charge in [0.1, 0.15) is 0 Å². The van der Waals surface area contributed by atoms with Gasteiger partial charge in [0.05, 0.1) is 6.42 Å². The maximum atomic E-state index is 11.9. The Morgan fingerprint density at radius 1 is 1.00 bits per heavy atom. The van der Waals surface area contributed by atoms with Crippen molar-refractivity contribution in [2.45, 2.75) is 19.2 Å². The van der Waals surface area contributed by atoms with E-state index in [2.05, 4.69) is 5.32 Å². The van der Waals surface area contributed by atoms with Gasteiger partial charge in [0.15, 0.2) is 0 Å². The first kappa shape index (κ1) is 13.6. The molecule has 0 heterocycles. The Morgan fingerprint density at radius 3 is 2.16 bits per heavy atom. The van der Waals surface area contributed by atoms with Crippen molar-refractivity contribution in [2.75, 3.05) is 5.32 Å². The summed E-state index contributed by atoms with van der Waals surface area (Å²) in [7, 11) is 0. The number of hydrogen-bond donors (Lipinski definition) is 1. The number of alkyl halides is 1. The molecular weight excluding hydrogens is 258 g/mol. The van der Waals surface area contributed by atoms with Gasteiger partial charge in [-0.3, -0.25) is 4.79 Å². The van der Waals surface area contributed by atoms with Crippen LogP contribution in [0.5, 0.6) is 0 Å². The Hall–Kier alpha value is -1.80. The van der Waals surface area contributed by atoms with Gasteiger partial charge >= 0.3 is 0 Å². The molecule has 0 aliphatic carbocycles. The van der Waals surface area contributed by atoms with Crippen LogP contribution < -0.4 is 5.32 Å². The van der Waals surface area contributed by atoms with E-state index < -0.39 is 0 Å². The van der Waals surface area contributed by atoms with Gasteiger partial charge in [-0.2, -0.15) is 0 Å². The summed E-state index contributed by atoms with van der Waals surface area (Å²) in [5, 5.41) is 2.87. The molecule has 0 bridgehead atoms. The van der Waals surface area contributed by atoms with Crippen molar-refractivity contribution in [3.05, 3.63) is 65.2 Å². The van der Waals surface area contributed by atoms with Gasteiger partial charge in [0.2, 0.25) is 5.91 Å². The Kier molecular flexibility index (Phi) is 4.58. The highest BCUT2D eigenvalue weighted by Gasteiger charge is 2.04. The SMILES string of the molecule is Cc1ccc(CC(=O)Nc2ccc(CCl)cc2)cc1. The lowest BCUT2D eigenvalue weighted by Crippen LogP contribution is -2.14. The number of anilines is 1. The van der Waals surface area contributed by atoms with Crippen LogP contribution in [-0.2, 0) is 17.1 Å². The van der Waals surface area contributed by atoms with Crippen molar-refractivity contribution in [1.29, 1.82) is 0 Å². The van der Waals surface area contributed by atoms with Gasteiger partial charge in [-0.25, -0.2) is 0 Å². The predicted molar refractivity (Wildman–Crippen MR) is 79.5 cm³/mol.